The van der Waals surface area contributed by atoms with Gasteiger partial charge in [0, 0.05) is 18.0 Å². The Morgan fingerprint density at radius 3 is 2.48 bits per heavy atom. The number of benzene rings is 2. The van der Waals surface area contributed by atoms with Crippen molar-refractivity contribution in [3.8, 4) is 11.5 Å². The average molecular weight is 459 g/mol. The number of carbonyl (C=O) groups is 1. The maximum atomic E-state index is 13.1. The fourth-order valence-corrected chi connectivity index (χ4v) is 5.35. The molecule has 0 unspecified atom stereocenters. The molecule has 1 aromatic heterocycles. The summed E-state index contributed by atoms with van der Waals surface area (Å²) in [5.74, 6) is 0.611. The first-order valence-corrected chi connectivity index (χ1v) is 12.0. The second kappa shape index (κ2) is 9.19. The van der Waals surface area contributed by atoms with Crippen LogP contribution in [-0.4, -0.2) is 44.9 Å². The molecule has 1 saturated heterocycles. The lowest BCUT2D eigenvalue weighted by Crippen LogP contribution is -2.40. The second-order valence-corrected chi connectivity index (χ2v) is 10.2. The van der Waals surface area contributed by atoms with Gasteiger partial charge in [0.05, 0.1) is 28.7 Å². The third-order valence-corrected chi connectivity index (χ3v) is 7.64. The Kier molecular flexibility index (Phi) is 6.38. The van der Waals surface area contributed by atoms with E-state index >= 15 is 0 Å². The minimum Gasteiger partial charge on any atom is -0.455 e. The lowest BCUT2D eigenvalue weighted by molar-refractivity contribution is 0.0730. The monoisotopic (exact) mass is 458 g/mol. The van der Waals surface area contributed by atoms with E-state index in [1.54, 1.807) is 24.3 Å². The summed E-state index contributed by atoms with van der Waals surface area (Å²) in [7, 11) is -3.72. The molecule has 0 spiro atoms. The van der Waals surface area contributed by atoms with Gasteiger partial charge in [0.25, 0.3) is 5.91 Å². The van der Waals surface area contributed by atoms with E-state index < -0.39 is 10.0 Å². The van der Waals surface area contributed by atoms with E-state index in [0.29, 0.717) is 42.7 Å². The van der Waals surface area contributed by atoms with Gasteiger partial charge >= 0.3 is 0 Å². The van der Waals surface area contributed by atoms with Crippen LogP contribution in [0.1, 0.15) is 14.5 Å². The van der Waals surface area contributed by atoms with E-state index in [4.69, 9.17) is 9.47 Å². The van der Waals surface area contributed by atoms with Crippen LogP contribution in [0.15, 0.2) is 65.6 Å². The van der Waals surface area contributed by atoms with E-state index in [1.807, 2.05) is 31.2 Å². The topological polar surface area (TPSA) is 84.9 Å². The number of nitrogens with one attached hydrogen (secondary N) is 1. The Bertz CT molecular complexity index is 1170. The molecule has 0 atom stereocenters. The maximum absolute atomic E-state index is 13.1. The van der Waals surface area contributed by atoms with Crippen molar-refractivity contribution in [2.24, 2.45) is 0 Å². The molecule has 0 radical (unpaired) electrons. The third kappa shape index (κ3) is 4.96. The molecule has 2 heterocycles. The van der Waals surface area contributed by atoms with E-state index in [9.17, 15) is 13.2 Å². The van der Waals surface area contributed by atoms with Gasteiger partial charge in [-0.05, 0) is 49.4 Å². The number of hydrogen-bond donors (Lipinski definition) is 1. The van der Waals surface area contributed by atoms with E-state index in [2.05, 4.69) is 5.32 Å². The molecule has 1 amide bonds. The highest BCUT2D eigenvalue weighted by molar-refractivity contribution is 7.89. The molecule has 2 aromatic carbocycles. The van der Waals surface area contributed by atoms with Gasteiger partial charge in [0.1, 0.15) is 5.75 Å². The Hall–Kier alpha value is -2.72. The fraction of sp³-hybridized carbons (Fsp3) is 0.227. The zero-order chi connectivity index (χ0) is 21.8. The number of amides is 1. The normalized spacial score (nSPS) is 14.9. The summed E-state index contributed by atoms with van der Waals surface area (Å²) in [6.45, 7) is 3.22. The average Bonchev–Trinajstić information content (AvgIpc) is 3.22. The Morgan fingerprint density at radius 1 is 1.06 bits per heavy atom. The molecule has 31 heavy (non-hydrogen) atoms. The number of aryl methyl sites for hydroxylation is 1. The molecule has 0 aliphatic carbocycles. The molecule has 1 aliphatic rings. The van der Waals surface area contributed by atoms with Crippen molar-refractivity contribution >= 4 is 33.0 Å². The van der Waals surface area contributed by atoms with Crippen LogP contribution in [0.2, 0.25) is 0 Å². The van der Waals surface area contributed by atoms with Crippen molar-refractivity contribution in [3.05, 3.63) is 70.4 Å². The predicted octanol–water partition coefficient (Wildman–Crippen LogP) is 4.12. The van der Waals surface area contributed by atoms with Crippen molar-refractivity contribution in [3.63, 3.8) is 0 Å². The molecule has 9 heteroatoms. The van der Waals surface area contributed by atoms with Gasteiger partial charge in [0.2, 0.25) is 10.0 Å². The number of para-hydroxylation sites is 1. The SMILES string of the molecule is Cc1ccc(C(=O)Nc2cc(S(=O)(=O)N3CCOCC3)ccc2Oc2ccccc2)s1. The quantitative estimate of drug-likeness (QED) is 0.601. The van der Waals surface area contributed by atoms with Crippen LogP contribution < -0.4 is 10.1 Å². The largest absolute Gasteiger partial charge is 0.455 e. The first-order chi connectivity index (χ1) is 14.9. The number of ether oxygens (including phenoxy) is 2. The molecule has 0 bridgehead atoms. The Balaban J connectivity index is 1.68. The van der Waals surface area contributed by atoms with Gasteiger partial charge in [-0.3, -0.25) is 4.79 Å². The highest BCUT2D eigenvalue weighted by Crippen LogP contribution is 2.33. The first-order valence-electron chi connectivity index (χ1n) is 9.76. The number of sulfonamides is 1. The highest BCUT2D eigenvalue weighted by Gasteiger charge is 2.27. The van der Waals surface area contributed by atoms with Crippen LogP contribution in [-0.2, 0) is 14.8 Å². The number of hydrogen-bond acceptors (Lipinski definition) is 6. The van der Waals surface area contributed by atoms with Gasteiger partial charge in [-0.2, -0.15) is 4.31 Å². The molecule has 1 N–H and O–H groups in total. The first kappa shape index (κ1) is 21.5. The van der Waals surface area contributed by atoms with Crippen molar-refractivity contribution in [2.45, 2.75) is 11.8 Å². The maximum Gasteiger partial charge on any atom is 0.265 e. The van der Waals surface area contributed by atoms with Crippen molar-refractivity contribution in [2.75, 3.05) is 31.6 Å². The van der Waals surface area contributed by atoms with Crippen LogP contribution in [0, 0.1) is 6.92 Å². The summed E-state index contributed by atoms with van der Waals surface area (Å²) in [5.41, 5.74) is 0.286. The van der Waals surface area contributed by atoms with Crippen molar-refractivity contribution < 1.29 is 22.7 Å². The van der Waals surface area contributed by atoms with Crippen LogP contribution in [0.4, 0.5) is 5.69 Å². The standard InChI is InChI=1S/C22H22N2O5S2/c1-16-7-10-21(30-16)22(25)23-19-15-18(31(26,27)24-11-13-28-14-12-24)8-9-20(19)29-17-5-3-2-4-6-17/h2-10,15H,11-14H2,1H3,(H,23,25). The highest BCUT2D eigenvalue weighted by atomic mass is 32.2. The van der Waals surface area contributed by atoms with E-state index in [-0.39, 0.29) is 16.5 Å². The number of rotatable bonds is 6. The van der Waals surface area contributed by atoms with Crippen LogP contribution in [0.5, 0.6) is 11.5 Å². The molecular weight excluding hydrogens is 436 g/mol. The van der Waals surface area contributed by atoms with Gasteiger partial charge < -0.3 is 14.8 Å². The number of anilines is 1. The second-order valence-electron chi connectivity index (χ2n) is 6.95. The zero-order valence-electron chi connectivity index (χ0n) is 16.9. The lowest BCUT2D eigenvalue weighted by atomic mass is 10.2. The summed E-state index contributed by atoms with van der Waals surface area (Å²) in [6.07, 6.45) is 0. The zero-order valence-corrected chi connectivity index (χ0v) is 18.5. The Morgan fingerprint density at radius 2 is 1.81 bits per heavy atom. The molecule has 3 aromatic rings. The summed E-state index contributed by atoms with van der Waals surface area (Å²) < 4.78 is 38.7. The number of nitrogens with zero attached hydrogens (tertiary/aromatic N) is 1. The van der Waals surface area contributed by atoms with E-state index in [1.165, 1.54) is 27.8 Å². The number of thiophene rings is 1. The van der Waals surface area contributed by atoms with Gasteiger partial charge in [-0.25, -0.2) is 8.42 Å². The molecule has 1 fully saturated rings. The summed E-state index contributed by atoms with van der Waals surface area (Å²) in [5, 5.41) is 2.81. The molecule has 162 valence electrons. The van der Waals surface area contributed by atoms with Gasteiger partial charge in [-0.15, -0.1) is 11.3 Å². The van der Waals surface area contributed by atoms with Gasteiger partial charge in [0.15, 0.2) is 5.75 Å². The fourth-order valence-electron chi connectivity index (χ4n) is 3.15. The summed E-state index contributed by atoms with van der Waals surface area (Å²) in [4.78, 5) is 14.4. The molecular formula is C22H22N2O5S2. The lowest BCUT2D eigenvalue weighted by Gasteiger charge is -2.26. The predicted molar refractivity (Wildman–Crippen MR) is 120 cm³/mol. The van der Waals surface area contributed by atoms with E-state index in [0.717, 1.165) is 4.88 Å². The number of morpholine rings is 1. The Labute approximate surface area is 185 Å². The third-order valence-electron chi connectivity index (χ3n) is 4.74. The van der Waals surface area contributed by atoms with Crippen LogP contribution in [0.3, 0.4) is 0 Å². The van der Waals surface area contributed by atoms with Crippen molar-refractivity contribution in [1.82, 2.24) is 4.31 Å². The molecule has 0 saturated carbocycles. The molecule has 1 aliphatic heterocycles. The van der Waals surface area contributed by atoms with Gasteiger partial charge in [-0.1, -0.05) is 18.2 Å². The minimum atomic E-state index is -3.72. The smallest absolute Gasteiger partial charge is 0.265 e. The van der Waals surface area contributed by atoms with Crippen LogP contribution >= 0.6 is 11.3 Å². The van der Waals surface area contributed by atoms with Crippen LogP contribution in [0.25, 0.3) is 0 Å². The minimum absolute atomic E-state index is 0.0903. The molecule has 7 nitrogen and oxygen atoms in total. The number of carbonyl (C=O) groups excluding carboxylic acids is 1. The van der Waals surface area contributed by atoms with Crippen molar-refractivity contribution in [1.29, 1.82) is 0 Å². The summed E-state index contributed by atoms with van der Waals surface area (Å²) in [6, 6.07) is 17.2. The summed E-state index contributed by atoms with van der Waals surface area (Å²) >= 11 is 1.36. The molecule has 4 rings (SSSR count).